The third kappa shape index (κ3) is 4.91. The van der Waals surface area contributed by atoms with Crippen molar-refractivity contribution >= 4 is 11.9 Å². The largest absolute Gasteiger partial charge is 0.353 e. The highest BCUT2D eigenvalue weighted by molar-refractivity contribution is 5.80. The molecule has 1 aromatic rings. The van der Waals surface area contributed by atoms with E-state index in [1.807, 2.05) is 42.5 Å². The zero-order valence-electron chi connectivity index (χ0n) is 12.0. The fourth-order valence-electron chi connectivity index (χ4n) is 2.21. The first-order valence-corrected chi connectivity index (χ1v) is 7.25. The zero-order valence-corrected chi connectivity index (χ0v) is 12.0. The van der Waals surface area contributed by atoms with Crippen LogP contribution in [-0.2, 0) is 14.3 Å². The van der Waals surface area contributed by atoms with Crippen molar-refractivity contribution in [3.8, 4) is 0 Å². The summed E-state index contributed by atoms with van der Waals surface area (Å²) in [6, 6.07) is 10.0. The van der Waals surface area contributed by atoms with Gasteiger partial charge in [-0.15, -0.1) is 0 Å². The molecule has 3 nitrogen and oxygen atoms in total. The zero-order chi connectivity index (χ0) is 14.2. The number of ketones is 1. The number of ether oxygens (including phenoxy) is 2. The van der Waals surface area contributed by atoms with Crippen LogP contribution in [0.25, 0.3) is 6.08 Å². The van der Waals surface area contributed by atoms with E-state index in [0.29, 0.717) is 6.42 Å². The van der Waals surface area contributed by atoms with E-state index in [1.54, 1.807) is 6.92 Å². The lowest BCUT2D eigenvalue weighted by Gasteiger charge is -2.26. The van der Waals surface area contributed by atoms with Crippen molar-refractivity contribution in [2.45, 2.75) is 45.0 Å². The molecule has 0 aliphatic carbocycles. The predicted molar refractivity (Wildman–Crippen MR) is 79.2 cm³/mol. The van der Waals surface area contributed by atoms with Gasteiger partial charge >= 0.3 is 0 Å². The number of rotatable bonds is 6. The van der Waals surface area contributed by atoms with Crippen LogP contribution in [0.4, 0.5) is 0 Å². The summed E-state index contributed by atoms with van der Waals surface area (Å²) >= 11 is 0. The monoisotopic (exact) mass is 274 g/mol. The highest BCUT2D eigenvalue weighted by Crippen LogP contribution is 2.17. The van der Waals surface area contributed by atoms with Crippen LogP contribution in [0.1, 0.15) is 38.2 Å². The van der Waals surface area contributed by atoms with Crippen LogP contribution in [0.5, 0.6) is 0 Å². The topological polar surface area (TPSA) is 35.5 Å². The van der Waals surface area contributed by atoms with E-state index >= 15 is 0 Å². The normalized spacial score (nSPS) is 20.9. The Morgan fingerprint density at radius 2 is 2.20 bits per heavy atom. The summed E-state index contributed by atoms with van der Waals surface area (Å²) in [5.74, 6) is 0.0527. The number of carbonyl (C=O) groups excluding carboxylic acids is 1. The second-order valence-electron chi connectivity index (χ2n) is 5.08. The smallest absolute Gasteiger partial charge is 0.158 e. The molecule has 0 N–H and O–H groups in total. The van der Waals surface area contributed by atoms with Gasteiger partial charge in [-0.1, -0.05) is 42.5 Å². The van der Waals surface area contributed by atoms with E-state index in [9.17, 15) is 4.79 Å². The molecule has 0 radical (unpaired) electrons. The van der Waals surface area contributed by atoms with Crippen LogP contribution < -0.4 is 0 Å². The summed E-state index contributed by atoms with van der Waals surface area (Å²) in [7, 11) is 0. The van der Waals surface area contributed by atoms with Gasteiger partial charge in [-0.05, 0) is 38.2 Å². The SMILES string of the molecule is CC(=O)C(C/C=C\c1ccccc1)OC1CCCCO1. The molecule has 1 heterocycles. The molecule has 1 aliphatic heterocycles. The number of carbonyl (C=O) groups is 1. The molecule has 2 atom stereocenters. The maximum absolute atomic E-state index is 11.6. The van der Waals surface area contributed by atoms with Crippen LogP contribution in [-0.4, -0.2) is 24.8 Å². The fraction of sp³-hybridized carbons (Fsp3) is 0.471. The second kappa shape index (κ2) is 7.98. The minimum Gasteiger partial charge on any atom is -0.353 e. The van der Waals surface area contributed by atoms with Crippen LogP contribution in [0.15, 0.2) is 36.4 Å². The van der Waals surface area contributed by atoms with E-state index in [1.165, 1.54) is 0 Å². The average Bonchev–Trinajstić information content (AvgIpc) is 2.48. The Morgan fingerprint density at radius 3 is 2.85 bits per heavy atom. The summed E-state index contributed by atoms with van der Waals surface area (Å²) in [5.41, 5.74) is 1.13. The van der Waals surface area contributed by atoms with Gasteiger partial charge in [0.15, 0.2) is 12.1 Å². The molecule has 2 unspecified atom stereocenters. The molecule has 0 spiro atoms. The lowest BCUT2D eigenvalue weighted by molar-refractivity contribution is -0.189. The molecule has 1 aromatic carbocycles. The standard InChI is InChI=1S/C17H22O3/c1-14(18)16(20-17-12-5-6-13-19-17)11-7-10-15-8-3-2-4-9-15/h2-4,7-10,16-17H,5-6,11-13H2,1H3/b10-7-. The maximum Gasteiger partial charge on any atom is 0.158 e. The Hall–Kier alpha value is -1.45. The molecular formula is C17H22O3. The van der Waals surface area contributed by atoms with E-state index in [2.05, 4.69) is 0 Å². The molecule has 108 valence electrons. The van der Waals surface area contributed by atoms with Crippen LogP contribution in [0.2, 0.25) is 0 Å². The molecule has 0 amide bonds. The molecule has 1 aliphatic rings. The molecule has 2 rings (SSSR count). The summed E-state index contributed by atoms with van der Waals surface area (Å²) in [6.07, 6.45) is 7.04. The summed E-state index contributed by atoms with van der Waals surface area (Å²) in [6.45, 7) is 2.30. The molecule has 0 saturated carbocycles. The van der Waals surface area contributed by atoms with Crippen LogP contribution in [0, 0.1) is 0 Å². The van der Waals surface area contributed by atoms with E-state index in [-0.39, 0.29) is 12.1 Å². The molecule has 1 saturated heterocycles. The van der Waals surface area contributed by atoms with Crippen molar-refractivity contribution in [2.24, 2.45) is 0 Å². The molecule has 0 aromatic heterocycles. The Bertz CT molecular complexity index is 433. The van der Waals surface area contributed by atoms with Gasteiger partial charge in [0.2, 0.25) is 0 Å². The minimum absolute atomic E-state index is 0.0527. The van der Waals surface area contributed by atoms with Gasteiger partial charge in [0.25, 0.3) is 0 Å². The predicted octanol–water partition coefficient (Wildman–Crippen LogP) is 3.59. The van der Waals surface area contributed by atoms with E-state index in [4.69, 9.17) is 9.47 Å². The van der Waals surface area contributed by atoms with Crippen LogP contribution >= 0.6 is 0 Å². The first-order valence-electron chi connectivity index (χ1n) is 7.25. The van der Waals surface area contributed by atoms with Gasteiger partial charge in [-0.2, -0.15) is 0 Å². The summed E-state index contributed by atoms with van der Waals surface area (Å²) in [4.78, 5) is 11.6. The average molecular weight is 274 g/mol. The number of hydrogen-bond acceptors (Lipinski definition) is 3. The molecule has 0 bridgehead atoms. The Morgan fingerprint density at radius 1 is 1.40 bits per heavy atom. The van der Waals surface area contributed by atoms with Crippen molar-refractivity contribution < 1.29 is 14.3 Å². The molecule has 3 heteroatoms. The van der Waals surface area contributed by atoms with Crippen molar-refractivity contribution in [1.82, 2.24) is 0 Å². The van der Waals surface area contributed by atoms with Gasteiger partial charge in [0.05, 0.1) is 0 Å². The van der Waals surface area contributed by atoms with E-state index < -0.39 is 6.10 Å². The van der Waals surface area contributed by atoms with Gasteiger partial charge in [-0.25, -0.2) is 0 Å². The van der Waals surface area contributed by atoms with E-state index in [0.717, 1.165) is 31.4 Å². The van der Waals surface area contributed by atoms with Gasteiger partial charge < -0.3 is 9.47 Å². The quantitative estimate of drug-likeness (QED) is 0.795. The first-order chi connectivity index (χ1) is 9.75. The first kappa shape index (κ1) is 14.9. The third-order valence-corrected chi connectivity index (χ3v) is 3.37. The Labute approximate surface area is 120 Å². The number of benzene rings is 1. The third-order valence-electron chi connectivity index (χ3n) is 3.37. The molecule has 1 fully saturated rings. The van der Waals surface area contributed by atoms with Gasteiger partial charge in [-0.3, -0.25) is 4.79 Å². The number of Topliss-reactive ketones (excluding diaryl/α,β-unsaturated/α-hetero) is 1. The maximum atomic E-state index is 11.6. The minimum atomic E-state index is -0.405. The van der Waals surface area contributed by atoms with Crippen LogP contribution in [0.3, 0.4) is 0 Å². The fourth-order valence-corrected chi connectivity index (χ4v) is 2.21. The summed E-state index contributed by atoms with van der Waals surface area (Å²) < 4.78 is 11.3. The van der Waals surface area contributed by atoms with Gasteiger partial charge in [0.1, 0.15) is 6.10 Å². The van der Waals surface area contributed by atoms with Crippen molar-refractivity contribution in [3.05, 3.63) is 42.0 Å². The van der Waals surface area contributed by atoms with Crippen molar-refractivity contribution in [2.75, 3.05) is 6.61 Å². The Balaban J connectivity index is 1.85. The molecular weight excluding hydrogens is 252 g/mol. The lowest BCUT2D eigenvalue weighted by atomic mass is 10.1. The molecule has 20 heavy (non-hydrogen) atoms. The Kier molecular flexibility index (Phi) is 5.96. The highest BCUT2D eigenvalue weighted by atomic mass is 16.7. The van der Waals surface area contributed by atoms with Crippen molar-refractivity contribution in [3.63, 3.8) is 0 Å². The number of hydrogen-bond donors (Lipinski definition) is 0. The highest BCUT2D eigenvalue weighted by Gasteiger charge is 2.21. The summed E-state index contributed by atoms with van der Waals surface area (Å²) in [5, 5.41) is 0. The lowest BCUT2D eigenvalue weighted by Crippen LogP contribution is -2.31. The second-order valence-corrected chi connectivity index (χ2v) is 5.08. The van der Waals surface area contributed by atoms with Crippen molar-refractivity contribution in [1.29, 1.82) is 0 Å². The van der Waals surface area contributed by atoms with Gasteiger partial charge in [0, 0.05) is 6.61 Å².